The third kappa shape index (κ3) is 6.81. The van der Waals surface area contributed by atoms with Gasteiger partial charge in [0, 0.05) is 18.1 Å². The van der Waals surface area contributed by atoms with E-state index in [9.17, 15) is 111 Å². The average Bonchev–Trinajstić information content (AvgIpc) is 3.01. The summed E-state index contributed by atoms with van der Waals surface area (Å²) < 4.78 is 325. The van der Waals surface area contributed by atoms with E-state index < -0.39 is 118 Å². The molecule has 0 spiro atoms. The summed E-state index contributed by atoms with van der Waals surface area (Å²) >= 11 is 0. The number of isocyanates is 2. The predicted molar refractivity (Wildman–Crippen MR) is 125 cm³/mol. The monoisotopic (exact) mass is 857 g/mol. The molecule has 0 heterocycles. The van der Waals surface area contributed by atoms with Crippen LogP contribution in [0.5, 0.6) is 0 Å². The summed E-state index contributed by atoms with van der Waals surface area (Å²) in [7, 11) is 0. The van der Waals surface area contributed by atoms with Crippen LogP contribution in [-0.4, -0.2) is 90.2 Å². The second-order valence-corrected chi connectivity index (χ2v) is 10.2. The van der Waals surface area contributed by atoms with Crippen LogP contribution in [0.25, 0.3) is 0 Å². The van der Waals surface area contributed by atoms with E-state index in [-0.39, 0.29) is 0 Å². The first-order valence-corrected chi connectivity index (χ1v) is 12.7. The third-order valence-electron chi connectivity index (χ3n) is 6.83. The Morgan fingerprint density at radius 2 is 0.945 bits per heavy atom. The van der Waals surface area contributed by atoms with Gasteiger partial charge < -0.3 is 10.1 Å². The zero-order chi connectivity index (χ0) is 44.2. The lowest BCUT2D eigenvalue weighted by atomic mass is 9.83. The quantitative estimate of drug-likeness (QED) is 0.0625. The van der Waals surface area contributed by atoms with E-state index >= 15 is 8.78 Å². The first-order chi connectivity index (χ1) is 24.1. The largest absolute Gasteiger partial charge is 0.460 e. The number of nitrogens with one attached hydrogen (secondary N) is 1. The maximum atomic E-state index is 15.4. The molecular weight excluding hydrogens is 847 g/mol. The molecule has 312 valence electrons. The maximum Gasteiger partial charge on any atom is 0.460 e. The van der Waals surface area contributed by atoms with E-state index in [2.05, 4.69) is 14.7 Å². The summed E-state index contributed by atoms with van der Waals surface area (Å²) in [5.74, 6) is -94.9. The van der Waals surface area contributed by atoms with Gasteiger partial charge in [-0.15, -0.1) is 0 Å². The van der Waals surface area contributed by atoms with E-state index in [1.165, 1.54) is 5.32 Å². The van der Waals surface area contributed by atoms with Gasteiger partial charge in [-0.1, -0.05) is 0 Å². The number of hydrogen-bond donors (Lipinski definition) is 1. The van der Waals surface area contributed by atoms with Crippen molar-refractivity contribution in [2.75, 3.05) is 6.73 Å². The minimum atomic E-state index is -9.64. The van der Waals surface area contributed by atoms with Gasteiger partial charge in [-0.2, -0.15) is 111 Å². The summed E-state index contributed by atoms with van der Waals surface area (Å²) in [5.41, 5.74) is -10.5. The van der Waals surface area contributed by atoms with Crippen molar-refractivity contribution >= 4 is 35.4 Å². The zero-order valence-corrected chi connectivity index (χ0v) is 25.4. The van der Waals surface area contributed by atoms with Gasteiger partial charge in [0.25, 0.3) is 5.91 Å². The van der Waals surface area contributed by atoms with Crippen molar-refractivity contribution < 1.29 is 125 Å². The number of amides is 1. The second kappa shape index (κ2) is 14.1. The number of aliphatic imine (C=N–C) groups is 2. The zero-order valence-electron chi connectivity index (χ0n) is 25.4. The molecule has 1 amide bonds. The summed E-state index contributed by atoms with van der Waals surface area (Å²) in [6.07, 6.45) is -7.34. The Kier molecular flexibility index (Phi) is 12.4. The summed E-state index contributed by atoms with van der Waals surface area (Å²) in [6.45, 7) is -0.521. The molecule has 0 radical (unpaired) electrons. The van der Waals surface area contributed by atoms with E-state index in [4.69, 9.17) is 0 Å². The van der Waals surface area contributed by atoms with Crippen LogP contribution in [0.4, 0.5) is 112 Å². The van der Waals surface area contributed by atoms with E-state index in [1.807, 2.05) is 0 Å². The van der Waals surface area contributed by atoms with Crippen LogP contribution in [0.3, 0.4) is 0 Å². The number of alkyl halides is 23. The molecule has 8 nitrogen and oxygen atoms in total. The highest BCUT2D eigenvalue weighted by atomic mass is 19.4. The molecule has 55 heavy (non-hydrogen) atoms. The molecule has 0 unspecified atom stereocenters. The van der Waals surface area contributed by atoms with Crippen molar-refractivity contribution in [2.45, 2.75) is 79.2 Å². The molecule has 0 fully saturated rings. The lowest BCUT2D eigenvalue weighted by molar-refractivity contribution is -0.479. The van der Waals surface area contributed by atoms with Gasteiger partial charge >= 0.3 is 71.4 Å². The van der Waals surface area contributed by atoms with Crippen LogP contribution in [-0.2, 0) is 25.0 Å². The van der Waals surface area contributed by atoms with Crippen LogP contribution >= 0.6 is 0 Å². The van der Waals surface area contributed by atoms with Crippen molar-refractivity contribution in [3.63, 3.8) is 0 Å². The molecule has 1 aromatic carbocycles. The third-order valence-corrected chi connectivity index (χ3v) is 6.83. The molecule has 0 aliphatic rings. The number of carbonyl (C=O) groups excluding carboxylic acids is 4. The van der Waals surface area contributed by atoms with Gasteiger partial charge in [-0.3, -0.25) is 9.59 Å². The van der Waals surface area contributed by atoms with E-state index in [0.717, 1.165) is 0 Å². The molecule has 0 saturated carbocycles. The lowest BCUT2D eigenvalue weighted by Crippen LogP contribution is -2.77. The molecule has 0 bridgehead atoms. The van der Waals surface area contributed by atoms with Crippen molar-refractivity contribution in [2.24, 2.45) is 9.98 Å². The van der Waals surface area contributed by atoms with Gasteiger partial charge in [0.05, 0.1) is 16.9 Å². The van der Waals surface area contributed by atoms with Gasteiger partial charge in [-0.05, 0) is 13.0 Å². The van der Waals surface area contributed by atoms with E-state index in [1.54, 1.807) is 0 Å². The molecule has 1 N–H and O–H groups in total. The SMILES string of the molecule is CC(=O)OCNC(=O)c1c(C(F)(F)C(F)(F)C(F)(F)C(F)(F)C(F)(F)C(F)(F)C(F)(F)C(F)(F)C(F)(F)C(F)(F)C(F)(F)F)cc(N=C=O)c(C)c1N=C=O. The number of benzene rings is 1. The van der Waals surface area contributed by atoms with E-state index in [0.29, 0.717) is 26.0 Å². The number of nitrogens with zero attached hydrogens (tertiary/aromatic N) is 2. The van der Waals surface area contributed by atoms with Gasteiger partial charge in [0.2, 0.25) is 12.2 Å². The van der Waals surface area contributed by atoms with Crippen molar-refractivity contribution in [1.29, 1.82) is 0 Å². The molecule has 0 saturated heterocycles. The highest BCUT2D eigenvalue weighted by Crippen LogP contribution is 2.68. The number of carbonyl (C=O) groups is 2. The lowest BCUT2D eigenvalue weighted by Gasteiger charge is -2.45. The predicted octanol–water partition coefficient (Wildman–Crippen LogP) is 8.55. The molecule has 0 aromatic heterocycles. The number of halogens is 23. The minimum Gasteiger partial charge on any atom is -0.445 e. The first kappa shape index (κ1) is 48.3. The molecule has 31 heteroatoms. The van der Waals surface area contributed by atoms with Crippen LogP contribution in [0.1, 0.15) is 28.4 Å². The number of rotatable bonds is 15. The van der Waals surface area contributed by atoms with Crippen LogP contribution < -0.4 is 5.32 Å². The maximum absolute atomic E-state index is 15.4. The Bertz CT molecular complexity index is 1780. The highest BCUT2D eigenvalue weighted by Gasteiger charge is 2.98. The van der Waals surface area contributed by atoms with Crippen molar-refractivity contribution in [3.8, 4) is 0 Å². The fourth-order valence-corrected chi connectivity index (χ4v) is 3.80. The Labute approximate surface area is 285 Å². The molecule has 0 atom stereocenters. The van der Waals surface area contributed by atoms with Gasteiger partial charge in [-0.25, -0.2) is 9.59 Å². The number of ether oxygens (including phenoxy) is 1. The molecule has 1 rings (SSSR count). The fraction of sp³-hybridized carbons (Fsp3) is 0.583. The molecule has 0 aliphatic carbocycles. The topological polar surface area (TPSA) is 114 Å². The Hall–Kier alpha value is -4.69. The smallest absolute Gasteiger partial charge is 0.445 e. The van der Waals surface area contributed by atoms with Gasteiger partial charge in [0.1, 0.15) is 0 Å². The van der Waals surface area contributed by atoms with Gasteiger partial charge in [0.15, 0.2) is 6.73 Å². The average molecular weight is 857 g/mol. The molecular formula is C24H10F23N3O5. The highest BCUT2D eigenvalue weighted by molar-refractivity contribution is 6.02. The number of hydrogen-bond acceptors (Lipinski definition) is 7. The fourth-order valence-electron chi connectivity index (χ4n) is 3.80. The normalized spacial score (nSPS) is 14.5. The standard InChI is InChI=1S/C24H10F23N3O5/c1-7-10(48-4-51)3-9(11(12(7)49-5-52)13(54)50-6-55-8(2)53)14(25,26)15(27,28)16(29,30)17(31,32)18(33,34)19(35,36)20(37,38)21(39,40)22(41,42)23(43,44)24(45,46)47/h3H,6H2,1-2H3,(H,50,54). The summed E-state index contributed by atoms with van der Waals surface area (Å²) in [4.78, 5) is 50.1. The Balaban J connectivity index is 4.27. The Morgan fingerprint density at radius 1 is 0.600 bits per heavy atom. The van der Waals surface area contributed by atoms with Crippen LogP contribution in [0.15, 0.2) is 16.1 Å². The van der Waals surface area contributed by atoms with Crippen molar-refractivity contribution in [3.05, 3.63) is 22.8 Å². The first-order valence-electron chi connectivity index (χ1n) is 12.7. The van der Waals surface area contributed by atoms with Crippen molar-refractivity contribution in [1.82, 2.24) is 5.32 Å². The molecule has 0 aliphatic heterocycles. The van der Waals surface area contributed by atoms with Crippen LogP contribution in [0, 0.1) is 6.92 Å². The second-order valence-electron chi connectivity index (χ2n) is 10.2. The number of esters is 1. The minimum absolute atomic E-state index is 0.418. The summed E-state index contributed by atoms with van der Waals surface area (Å²) in [6, 6.07) is -0.878. The van der Waals surface area contributed by atoms with Crippen LogP contribution in [0.2, 0.25) is 0 Å². The summed E-state index contributed by atoms with van der Waals surface area (Å²) in [5, 5.41) is 1.20. The molecule has 1 aromatic rings. The Morgan fingerprint density at radius 3 is 1.27 bits per heavy atom.